The van der Waals surface area contributed by atoms with Crippen molar-refractivity contribution in [2.75, 3.05) is 19.8 Å². The van der Waals surface area contributed by atoms with Crippen LogP contribution in [0.25, 0.3) is 0 Å². The summed E-state index contributed by atoms with van der Waals surface area (Å²) < 4.78 is 57.9. The molecule has 1 aromatic carbocycles. The van der Waals surface area contributed by atoms with Crippen molar-refractivity contribution < 1.29 is 32.2 Å². The minimum Gasteiger partial charge on any atom is -0.396 e. The average molecular weight is 400 g/mol. The van der Waals surface area contributed by atoms with Crippen LogP contribution >= 0.6 is 15.9 Å². The summed E-state index contributed by atoms with van der Waals surface area (Å²) in [6, 6.07) is 3.74. The van der Waals surface area contributed by atoms with E-state index in [2.05, 4.69) is 15.9 Å². The zero-order valence-corrected chi connectivity index (χ0v) is 13.4. The lowest BCUT2D eigenvalue weighted by molar-refractivity contribution is -0.179. The lowest BCUT2D eigenvalue weighted by Crippen LogP contribution is -2.60. The fraction of sp³-hybridized carbons (Fsp3) is 0.500. The molecule has 1 fully saturated rings. The number of alkyl halides is 3. The second-order valence-electron chi connectivity index (χ2n) is 5.27. The van der Waals surface area contributed by atoms with Gasteiger partial charge in [0.1, 0.15) is 5.82 Å². The van der Waals surface area contributed by atoms with Crippen LogP contribution in [0.2, 0.25) is 0 Å². The first-order valence-electron chi connectivity index (χ1n) is 6.74. The molecule has 1 amide bonds. The Bertz CT molecular complexity index is 596. The summed E-state index contributed by atoms with van der Waals surface area (Å²) in [6.45, 7) is -0.689. The normalized spacial score (nSPS) is 25.2. The molecular formula is C14H14BrF4NO3. The van der Waals surface area contributed by atoms with Crippen molar-refractivity contribution in [3.63, 3.8) is 0 Å². The quantitative estimate of drug-likeness (QED) is 0.767. The van der Waals surface area contributed by atoms with Crippen molar-refractivity contribution in [1.29, 1.82) is 0 Å². The van der Waals surface area contributed by atoms with Crippen molar-refractivity contribution in [3.05, 3.63) is 34.1 Å². The van der Waals surface area contributed by atoms with Crippen LogP contribution < -0.4 is 5.32 Å². The Balaban J connectivity index is 2.55. The van der Waals surface area contributed by atoms with E-state index in [1.165, 1.54) is 12.1 Å². The number of nitrogens with one attached hydrogen (secondary N) is 1. The maximum absolute atomic E-state index is 14.3. The van der Waals surface area contributed by atoms with E-state index in [1.807, 2.05) is 5.32 Å². The maximum atomic E-state index is 14.3. The van der Waals surface area contributed by atoms with Crippen LogP contribution in [0.4, 0.5) is 17.6 Å². The van der Waals surface area contributed by atoms with E-state index < -0.39 is 36.0 Å². The number of aliphatic hydroxyl groups excluding tert-OH is 1. The van der Waals surface area contributed by atoms with Gasteiger partial charge >= 0.3 is 12.1 Å². The summed E-state index contributed by atoms with van der Waals surface area (Å²) in [5.41, 5.74) is -1.96. The van der Waals surface area contributed by atoms with E-state index in [-0.39, 0.29) is 25.2 Å². The third kappa shape index (κ3) is 3.67. The second kappa shape index (κ2) is 6.74. The molecule has 0 aliphatic carbocycles. The standard InChI is InChI=1S/C14H14BrF4NO3/c15-9-1-2-11(16)10(5-9)13(20-12(22)14(17,18)19)7-23-4-3-8(13)6-21/h1-2,5,8,21H,3-4,6-7H2,(H,20,22)/t8-,13-/m0/s1. The molecule has 1 aliphatic heterocycles. The van der Waals surface area contributed by atoms with Gasteiger partial charge in [-0.3, -0.25) is 4.79 Å². The van der Waals surface area contributed by atoms with E-state index in [9.17, 15) is 27.5 Å². The highest BCUT2D eigenvalue weighted by Gasteiger charge is 2.50. The van der Waals surface area contributed by atoms with Gasteiger partial charge in [-0.05, 0) is 24.6 Å². The fourth-order valence-corrected chi connectivity index (χ4v) is 3.05. The summed E-state index contributed by atoms with van der Waals surface area (Å²) in [6.07, 6.45) is -4.95. The molecule has 23 heavy (non-hydrogen) atoms. The van der Waals surface area contributed by atoms with E-state index >= 15 is 0 Å². The number of carbonyl (C=O) groups excluding carboxylic acids is 1. The van der Waals surface area contributed by atoms with Crippen molar-refractivity contribution in [1.82, 2.24) is 5.32 Å². The third-order valence-corrected chi connectivity index (χ3v) is 4.35. The molecule has 0 radical (unpaired) electrons. The smallest absolute Gasteiger partial charge is 0.396 e. The minimum atomic E-state index is -5.13. The lowest BCUT2D eigenvalue weighted by Gasteiger charge is -2.44. The van der Waals surface area contributed by atoms with E-state index in [4.69, 9.17) is 4.74 Å². The Kier molecular flexibility index (Phi) is 5.32. The molecule has 0 unspecified atom stereocenters. The number of carbonyl (C=O) groups is 1. The van der Waals surface area contributed by atoms with Gasteiger partial charge in [0.05, 0.1) is 12.1 Å². The molecule has 1 aromatic rings. The number of amides is 1. The van der Waals surface area contributed by atoms with Crippen molar-refractivity contribution >= 4 is 21.8 Å². The third-order valence-electron chi connectivity index (χ3n) is 3.86. The monoisotopic (exact) mass is 399 g/mol. The maximum Gasteiger partial charge on any atom is 0.471 e. The van der Waals surface area contributed by atoms with Crippen molar-refractivity contribution in [3.8, 4) is 0 Å². The van der Waals surface area contributed by atoms with Crippen LogP contribution in [0, 0.1) is 11.7 Å². The molecule has 2 rings (SSSR count). The van der Waals surface area contributed by atoms with Crippen LogP contribution in [0.5, 0.6) is 0 Å². The van der Waals surface area contributed by atoms with Crippen LogP contribution in [-0.2, 0) is 15.1 Å². The summed E-state index contributed by atoms with van der Waals surface area (Å²) >= 11 is 3.13. The molecule has 2 N–H and O–H groups in total. The van der Waals surface area contributed by atoms with Gasteiger partial charge in [0.15, 0.2) is 0 Å². The Labute approximate surface area is 137 Å². The first-order chi connectivity index (χ1) is 10.7. The molecule has 128 valence electrons. The molecule has 2 atom stereocenters. The van der Waals surface area contributed by atoms with Crippen molar-refractivity contribution in [2.24, 2.45) is 5.92 Å². The zero-order chi connectivity index (χ0) is 17.3. The Morgan fingerprint density at radius 3 is 2.78 bits per heavy atom. The first-order valence-corrected chi connectivity index (χ1v) is 7.53. The highest BCUT2D eigenvalue weighted by molar-refractivity contribution is 9.10. The molecule has 1 aliphatic rings. The van der Waals surface area contributed by atoms with Gasteiger partial charge in [-0.15, -0.1) is 0 Å². The van der Waals surface area contributed by atoms with Gasteiger partial charge in [-0.2, -0.15) is 13.2 Å². The molecule has 1 heterocycles. The molecule has 1 saturated heterocycles. The fourth-order valence-electron chi connectivity index (χ4n) is 2.69. The van der Waals surface area contributed by atoms with Gasteiger partial charge in [-0.1, -0.05) is 15.9 Å². The van der Waals surface area contributed by atoms with Crippen LogP contribution in [0.3, 0.4) is 0 Å². The molecule has 4 nitrogen and oxygen atoms in total. The number of benzene rings is 1. The van der Waals surface area contributed by atoms with Gasteiger partial charge in [0, 0.05) is 29.2 Å². The minimum absolute atomic E-state index is 0.164. The van der Waals surface area contributed by atoms with Crippen LogP contribution in [-0.4, -0.2) is 37.0 Å². The van der Waals surface area contributed by atoms with Gasteiger partial charge < -0.3 is 15.2 Å². The number of ether oxygens (including phenoxy) is 1. The predicted molar refractivity (Wildman–Crippen MR) is 76.0 cm³/mol. The first kappa shape index (κ1) is 18.2. The predicted octanol–water partition coefficient (Wildman–Crippen LogP) is 2.49. The summed E-state index contributed by atoms with van der Waals surface area (Å²) in [5, 5.41) is 11.4. The van der Waals surface area contributed by atoms with E-state index in [1.54, 1.807) is 0 Å². The number of halogens is 5. The summed E-state index contributed by atoms with van der Waals surface area (Å²) in [5.74, 6) is -3.81. The summed E-state index contributed by atoms with van der Waals surface area (Å²) in [7, 11) is 0. The molecule has 0 saturated carbocycles. The molecule has 0 spiro atoms. The zero-order valence-electron chi connectivity index (χ0n) is 11.8. The number of hydrogen-bond acceptors (Lipinski definition) is 3. The summed E-state index contributed by atoms with van der Waals surface area (Å²) in [4.78, 5) is 11.5. The van der Waals surface area contributed by atoms with E-state index in [0.29, 0.717) is 4.47 Å². The highest BCUT2D eigenvalue weighted by atomic mass is 79.9. The highest BCUT2D eigenvalue weighted by Crippen LogP contribution is 2.39. The number of hydrogen-bond donors (Lipinski definition) is 2. The van der Waals surface area contributed by atoms with Gasteiger partial charge in [0.2, 0.25) is 0 Å². The molecular weight excluding hydrogens is 386 g/mol. The topological polar surface area (TPSA) is 58.6 Å². The number of aliphatic hydroxyl groups is 1. The Morgan fingerprint density at radius 1 is 1.48 bits per heavy atom. The molecule has 0 aromatic heterocycles. The average Bonchev–Trinajstić information content (AvgIpc) is 2.49. The van der Waals surface area contributed by atoms with Gasteiger partial charge in [0.25, 0.3) is 0 Å². The second-order valence-corrected chi connectivity index (χ2v) is 6.18. The Hall–Kier alpha value is -1.19. The molecule has 9 heteroatoms. The van der Waals surface area contributed by atoms with E-state index in [0.717, 1.165) is 6.07 Å². The number of rotatable bonds is 3. The lowest BCUT2D eigenvalue weighted by atomic mass is 9.75. The molecule has 0 bridgehead atoms. The Morgan fingerprint density at radius 2 is 2.17 bits per heavy atom. The SMILES string of the molecule is O=C(N[C@@]1(c2cc(Br)ccc2F)COCC[C@H]1CO)C(F)(F)F. The largest absolute Gasteiger partial charge is 0.471 e. The van der Waals surface area contributed by atoms with Gasteiger partial charge in [-0.25, -0.2) is 4.39 Å². The van der Waals surface area contributed by atoms with Crippen LogP contribution in [0.1, 0.15) is 12.0 Å². The van der Waals surface area contributed by atoms with Crippen LogP contribution in [0.15, 0.2) is 22.7 Å². The van der Waals surface area contributed by atoms with Crippen molar-refractivity contribution in [2.45, 2.75) is 18.1 Å².